The van der Waals surface area contributed by atoms with Crippen LogP contribution in [0.15, 0.2) is 71.7 Å². The SMILES string of the molecule is Cc1cc([N+](=O)[O-])cn(CC(=O)Nc2ccc(Nc3ccccc3)cc2)c1=O. The Balaban J connectivity index is 1.67. The van der Waals surface area contributed by atoms with E-state index in [4.69, 9.17) is 0 Å². The first-order chi connectivity index (χ1) is 13.4. The lowest BCUT2D eigenvalue weighted by molar-refractivity contribution is -0.385. The van der Waals surface area contributed by atoms with Gasteiger partial charge in [-0.05, 0) is 43.3 Å². The van der Waals surface area contributed by atoms with Crippen molar-refractivity contribution in [2.45, 2.75) is 13.5 Å². The summed E-state index contributed by atoms with van der Waals surface area (Å²) >= 11 is 0. The van der Waals surface area contributed by atoms with Gasteiger partial charge in [0.1, 0.15) is 6.54 Å². The highest BCUT2D eigenvalue weighted by Gasteiger charge is 2.13. The third-order valence-electron chi connectivity index (χ3n) is 4.01. The van der Waals surface area contributed by atoms with E-state index in [1.807, 2.05) is 42.5 Å². The normalized spacial score (nSPS) is 10.3. The van der Waals surface area contributed by atoms with Crippen LogP contribution < -0.4 is 16.2 Å². The van der Waals surface area contributed by atoms with Crippen molar-refractivity contribution in [1.29, 1.82) is 0 Å². The van der Waals surface area contributed by atoms with Gasteiger partial charge in [-0.3, -0.25) is 24.3 Å². The standard InChI is InChI=1S/C20H18N4O4/c1-14-11-18(24(27)28)12-23(20(14)26)13-19(25)22-17-9-7-16(8-10-17)21-15-5-3-2-4-6-15/h2-12,21H,13H2,1H3,(H,22,25). The van der Waals surface area contributed by atoms with Crippen LogP contribution in [0.1, 0.15) is 5.56 Å². The fraction of sp³-hybridized carbons (Fsp3) is 0.100. The fourth-order valence-corrected chi connectivity index (χ4v) is 2.66. The topological polar surface area (TPSA) is 106 Å². The molecule has 2 N–H and O–H groups in total. The van der Waals surface area contributed by atoms with Gasteiger partial charge in [-0.2, -0.15) is 0 Å². The van der Waals surface area contributed by atoms with Crippen molar-refractivity contribution in [2.24, 2.45) is 0 Å². The van der Waals surface area contributed by atoms with Crippen molar-refractivity contribution in [1.82, 2.24) is 4.57 Å². The van der Waals surface area contributed by atoms with E-state index in [1.165, 1.54) is 13.0 Å². The number of nitrogens with one attached hydrogen (secondary N) is 2. The Hall–Kier alpha value is -3.94. The molecule has 0 atom stereocenters. The number of nitrogens with zero attached hydrogens (tertiary/aromatic N) is 2. The number of carbonyl (C=O) groups excluding carboxylic acids is 1. The molecule has 1 heterocycles. The summed E-state index contributed by atoms with van der Waals surface area (Å²) in [6.07, 6.45) is 1.07. The predicted molar refractivity (Wildman–Crippen MR) is 107 cm³/mol. The van der Waals surface area contributed by atoms with Crippen LogP contribution in [0.4, 0.5) is 22.7 Å². The Morgan fingerprint density at radius 1 is 1.04 bits per heavy atom. The molecule has 0 spiro atoms. The number of aromatic nitrogens is 1. The lowest BCUT2D eigenvalue weighted by atomic mass is 10.2. The van der Waals surface area contributed by atoms with Gasteiger partial charge in [0.25, 0.3) is 11.2 Å². The highest BCUT2D eigenvalue weighted by Crippen LogP contribution is 2.18. The minimum atomic E-state index is -0.598. The van der Waals surface area contributed by atoms with Crippen LogP contribution in [0.3, 0.4) is 0 Å². The Morgan fingerprint density at radius 2 is 1.64 bits per heavy atom. The number of benzene rings is 2. The summed E-state index contributed by atoms with van der Waals surface area (Å²) in [5.41, 5.74) is 1.89. The van der Waals surface area contributed by atoms with Gasteiger partial charge in [0, 0.05) is 28.7 Å². The number of aryl methyl sites for hydroxylation is 1. The Kier molecular flexibility index (Phi) is 5.50. The molecule has 1 amide bonds. The fourth-order valence-electron chi connectivity index (χ4n) is 2.66. The summed E-state index contributed by atoms with van der Waals surface area (Å²) in [5.74, 6) is -0.453. The van der Waals surface area contributed by atoms with Crippen molar-refractivity contribution in [2.75, 3.05) is 10.6 Å². The van der Waals surface area contributed by atoms with Crippen LogP contribution in [0, 0.1) is 17.0 Å². The average Bonchev–Trinajstić information content (AvgIpc) is 2.67. The van der Waals surface area contributed by atoms with Crippen LogP contribution in [-0.2, 0) is 11.3 Å². The smallest absolute Gasteiger partial charge is 0.286 e. The van der Waals surface area contributed by atoms with E-state index in [-0.39, 0.29) is 17.8 Å². The zero-order chi connectivity index (χ0) is 20.1. The second-order valence-corrected chi connectivity index (χ2v) is 6.19. The maximum atomic E-state index is 12.2. The number of hydrogen-bond acceptors (Lipinski definition) is 5. The van der Waals surface area contributed by atoms with Crippen LogP contribution in [0.5, 0.6) is 0 Å². The average molecular weight is 378 g/mol. The third-order valence-corrected chi connectivity index (χ3v) is 4.01. The van der Waals surface area contributed by atoms with Gasteiger partial charge in [0.05, 0.1) is 11.1 Å². The molecule has 0 bridgehead atoms. The summed E-state index contributed by atoms with van der Waals surface area (Å²) < 4.78 is 1.04. The van der Waals surface area contributed by atoms with Gasteiger partial charge in [0.15, 0.2) is 0 Å². The molecule has 1 aromatic heterocycles. The summed E-state index contributed by atoms with van der Waals surface area (Å²) in [5, 5.41) is 16.9. The number of pyridine rings is 1. The molecule has 8 nitrogen and oxygen atoms in total. The molecule has 0 aliphatic rings. The van der Waals surface area contributed by atoms with Crippen LogP contribution in [-0.4, -0.2) is 15.4 Å². The lowest BCUT2D eigenvalue weighted by Gasteiger charge is -2.10. The number of carbonyl (C=O) groups is 1. The second-order valence-electron chi connectivity index (χ2n) is 6.19. The molecule has 28 heavy (non-hydrogen) atoms. The number of para-hydroxylation sites is 1. The molecule has 3 rings (SSSR count). The minimum absolute atomic E-state index is 0.207. The number of rotatable bonds is 6. The summed E-state index contributed by atoms with van der Waals surface area (Å²) in [4.78, 5) is 34.7. The Labute approximate surface area is 160 Å². The van der Waals surface area contributed by atoms with E-state index in [2.05, 4.69) is 10.6 Å². The zero-order valence-corrected chi connectivity index (χ0v) is 15.1. The first kappa shape index (κ1) is 18.8. The van der Waals surface area contributed by atoms with E-state index >= 15 is 0 Å². The van der Waals surface area contributed by atoms with Gasteiger partial charge in [0.2, 0.25) is 5.91 Å². The van der Waals surface area contributed by atoms with E-state index in [0.29, 0.717) is 5.69 Å². The van der Waals surface area contributed by atoms with Gasteiger partial charge in [-0.1, -0.05) is 18.2 Å². The molecule has 3 aromatic rings. The number of hydrogen-bond donors (Lipinski definition) is 2. The van der Waals surface area contributed by atoms with Crippen molar-refractivity contribution in [3.8, 4) is 0 Å². The molecule has 0 unspecified atom stereocenters. The second kappa shape index (κ2) is 8.17. The Bertz CT molecular complexity index is 1060. The third kappa shape index (κ3) is 4.61. The highest BCUT2D eigenvalue weighted by atomic mass is 16.6. The van der Waals surface area contributed by atoms with Crippen LogP contribution in [0.2, 0.25) is 0 Å². The zero-order valence-electron chi connectivity index (χ0n) is 15.1. The first-order valence-electron chi connectivity index (χ1n) is 8.50. The number of nitro groups is 1. The molecule has 0 saturated carbocycles. The van der Waals surface area contributed by atoms with Crippen LogP contribution >= 0.6 is 0 Å². The molecular weight excluding hydrogens is 360 g/mol. The maximum Gasteiger partial charge on any atom is 0.286 e. The van der Waals surface area contributed by atoms with Gasteiger partial charge in [-0.15, -0.1) is 0 Å². The summed E-state index contributed by atoms with van der Waals surface area (Å²) in [6.45, 7) is 1.16. The van der Waals surface area contributed by atoms with E-state index in [0.717, 1.165) is 22.1 Å². The highest BCUT2D eigenvalue weighted by molar-refractivity contribution is 5.90. The van der Waals surface area contributed by atoms with Gasteiger partial charge >= 0.3 is 0 Å². The molecule has 0 radical (unpaired) electrons. The summed E-state index contributed by atoms with van der Waals surface area (Å²) in [6, 6.07) is 17.9. The molecule has 0 fully saturated rings. The van der Waals surface area contributed by atoms with E-state index in [9.17, 15) is 19.7 Å². The van der Waals surface area contributed by atoms with Gasteiger partial charge in [-0.25, -0.2) is 0 Å². The van der Waals surface area contributed by atoms with Crippen molar-refractivity contribution in [3.63, 3.8) is 0 Å². The quantitative estimate of drug-likeness (QED) is 0.505. The van der Waals surface area contributed by atoms with Crippen molar-refractivity contribution in [3.05, 3.63) is 92.9 Å². The lowest BCUT2D eigenvalue weighted by Crippen LogP contribution is -2.28. The van der Waals surface area contributed by atoms with E-state index in [1.54, 1.807) is 12.1 Å². The first-order valence-corrected chi connectivity index (χ1v) is 8.50. The molecule has 2 aromatic carbocycles. The molecule has 0 saturated heterocycles. The van der Waals surface area contributed by atoms with Gasteiger partial charge < -0.3 is 10.6 Å². The molecule has 8 heteroatoms. The van der Waals surface area contributed by atoms with Crippen LogP contribution in [0.25, 0.3) is 0 Å². The summed E-state index contributed by atoms with van der Waals surface area (Å²) in [7, 11) is 0. The van der Waals surface area contributed by atoms with Crippen molar-refractivity contribution < 1.29 is 9.72 Å². The molecule has 0 aliphatic heterocycles. The minimum Gasteiger partial charge on any atom is -0.356 e. The molecule has 0 aliphatic carbocycles. The number of amides is 1. The molecular formula is C20H18N4O4. The Morgan fingerprint density at radius 3 is 2.29 bits per heavy atom. The van der Waals surface area contributed by atoms with Crippen molar-refractivity contribution >= 4 is 28.7 Å². The van der Waals surface area contributed by atoms with E-state index < -0.39 is 16.4 Å². The predicted octanol–water partition coefficient (Wildman–Crippen LogP) is 3.45. The largest absolute Gasteiger partial charge is 0.356 e. The maximum absolute atomic E-state index is 12.2. The molecule has 142 valence electrons. The monoisotopic (exact) mass is 378 g/mol. The number of anilines is 3.